The average molecular weight is 369 g/mol. The number of amides is 2. The minimum absolute atomic E-state index is 0. The summed E-state index contributed by atoms with van der Waals surface area (Å²) in [6.45, 7) is 4.13. The molecule has 7 nitrogen and oxygen atoms in total. The van der Waals surface area contributed by atoms with Crippen LogP contribution in [-0.4, -0.2) is 61.2 Å². The predicted octanol–water partition coefficient (Wildman–Crippen LogP) is 1.23. The summed E-state index contributed by atoms with van der Waals surface area (Å²) in [7, 11) is 0. The van der Waals surface area contributed by atoms with E-state index in [-0.39, 0.29) is 24.4 Å². The van der Waals surface area contributed by atoms with E-state index in [1.165, 1.54) is 6.42 Å². The van der Waals surface area contributed by atoms with E-state index in [0.717, 1.165) is 31.5 Å². The Morgan fingerprint density at radius 3 is 3.08 bits per heavy atom. The molecule has 8 heteroatoms. The van der Waals surface area contributed by atoms with Crippen molar-refractivity contribution in [3.05, 3.63) is 29.6 Å². The molecule has 2 fully saturated rings. The number of carbonyl (C=O) groups is 2. The second-order valence-electron chi connectivity index (χ2n) is 6.36. The van der Waals surface area contributed by atoms with Gasteiger partial charge >= 0.3 is 6.09 Å². The van der Waals surface area contributed by atoms with E-state index in [1.807, 2.05) is 12.3 Å². The molecular formula is C17H25ClN4O3. The highest BCUT2D eigenvalue weighted by Gasteiger charge is 2.19. The molecule has 3 heterocycles. The van der Waals surface area contributed by atoms with Crippen LogP contribution in [0.25, 0.3) is 0 Å². The molecule has 2 N–H and O–H groups in total. The van der Waals surface area contributed by atoms with E-state index in [4.69, 9.17) is 4.74 Å². The summed E-state index contributed by atoms with van der Waals surface area (Å²) in [5.74, 6) is 0.467. The first-order chi connectivity index (χ1) is 11.7. The van der Waals surface area contributed by atoms with Gasteiger partial charge in [0.25, 0.3) is 5.91 Å². The molecule has 1 aromatic rings. The van der Waals surface area contributed by atoms with Crippen LogP contribution in [0.2, 0.25) is 0 Å². The van der Waals surface area contributed by atoms with Crippen molar-refractivity contribution in [2.24, 2.45) is 5.92 Å². The quantitative estimate of drug-likeness (QED) is 0.789. The first-order valence-electron chi connectivity index (χ1n) is 8.57. The summed E-state index contributed by atoms with van der Waals surface area (Å²) < 4.78 is 4.97. The van der Waals surface area contributed by atoms with Crippen LogP contribution >= 0.6 is 12.4 Å². The van der Waals surface area contributed by atoms with Crippen molar-refractivity contribution in [2.45, 2.75) is 19.3 Å². The van der Waals surface area contributed by atoms with Gasteiger partial charge in [0.15, 0.2) is 0 Å². The number of halogens is 1. The Bertz CT molecular complexity index is 593. The van der Waals surface area contributed by atoms with Gasteiger partial charge in [-0.2, -0.15) is 0 Å². The minimum Gasteiger partial charge on any atom is -0.449 e. The standard InChI is InChI=1S/C17H24N4O3.ClH/c22-16(20-4-6-21-5-1-7-24-17(21)23)15-9-14(11-19-12-15)8-13-2-3-18-10-13;/h9,11-13,18H,1-8,10H2,(H,20,22);1H. The van der Waals surface area contributed by atoms with Gasteiger partial charge < -0.3 is 20.3 Å². The van der Waals surface area contributed by atoms with Crippen molar-refractivity contribution in [1.29, 1.82) is 0 Å². The fourth-order valence-electron chi connectivity index (χ4n) is 3.15. The number of ether oxygens (including phenoxy) is 1. The first kappa shape index (κ1) is 19.5. The third-order valence-electron chi connectivity index (χ3n) is 4.47. The molecule has 3 rings (SSSR count). The second kappa shape index (κ2) is 9.58. The van der Waals surface area contributed by atoms with Crippen LogP contribution in [0.3, 0.4) is 0 Å². The van der Waals surface area contributed by atoms with Gasteiger partial charge in [0.1, 0.15) is 0 Å². The molecule has 1 aromatic heterocycles. The molecule has 2 aliphatic rings. The highest BCUT2D eigenvalue weighted by molar-refractivity contribution is 5.94. The fraction of sp³-hybridized carbons (Fsp3) is 0.588. The zero-order chi connectivity index (χ0) is 16.8. The zero-order valence-corrected chi connectivity index (χ0v) is 15.0. The number of carbonyl (C=O) groups excluding carboxylic acids is 2. The van der Waals surface area contributed by atoms with Crippen LogP contribution in [-0.2, 0) is 11.2 Å². The Kier molecular flexibility index (Phi) is 7.46. The molecule has 0 aromatic carbocycles. The second-order valence-corrected chi connectivity index (χ2v) is 6.36. The van der Waals surface area contributed by atoms with E-state index in [2.05, 4.69) is 15.6 Å². The van der Waals surface area contributed by atoms with Gasteiger partial charge in [-0.1, -0.05) is 0 Å². The van der Waals surface area contributed by atoms with Crippen molar-refractivity contribution in [1.82, 2.24) is 20.5 Å². The molecule has 2 saturated heterocycles. The van der Waals surface area contributed by atoms with Crippen LogP contribution < -0.4 is 10.6 Å². The fourth-order valence-corrected chi connectivity index (χ4v) is 3.15. The maximum absolute atomic E-state index is 12.3. The Hall–Kier alpha value is -1.86. The van der Waals surface area contributed by atoms with E-state index in [1.54, 1.807) is 11.1 Å². The lowest BCUT2D eigenvalue weighted by atomic mass is 9.99. The molecule has 0 radical (unpaired) electrons. The van der Waals surface area contributed by atoms with Crippen LogP contribution in [0, 0.1) is 5.92 Å². The third-order valence-corrected chi connectivity index (χ3v) is 4.47. The molecule has 0 aliphatic carbocycles. The van der Waals surface area contributed by atoms with Gasteiger partial charge in [-0.25, -0.2) is 4.79 Å². The van der Waals surface area contributed by atoms with E-state index in [9.17, 15) is 9.59 Å². The predicted molar refractivity (Wildman–Crippen MR) is 96.0 cm³/mol. The van der Waals surface area contributed by atoms with E-state index >= 15 is 0 Å². The number of hydrogen-bond donors (Lipinski definition) is 2. The summed E-state index contributed by atoms with van der Waals surface area (Å²) in [6.07, 6.45) is 6.06. The first-order valence-corrected chi connectivity index (χ1v) is 8.57. The lowest BCUT2D eigenvalue weighted by Gasteiger charge is -2.26. The zero-order valence-electron chi connectivity index (χ0n) is 14.2. The van der Waals surface area contributed by atoms with Gasteiger partial charge in [0, 0.05) is 32.0 Å². The smallest absolute Gasteiger partial charge is 0.409 e. The Labute approximate surface area is 153 Å². The third kappa shape index (κ3) is 5.57. The summed E-state index contributed by atoms with van der Waals surface area (Å²) in [5, 5.41) is 6.20. The monoisotopic (exact) mass is 368 g/mol. The van der Waals surface area contributed by atoms with Crippen molar-refractivity contribution in [3.8, 4) is 0 Å². The number of pyridine rings is 1. The largest absolute Gasteiger partial charge is 0.449 e. The summed E-state index contributed by atoms with van der Waals surface area (Å²) in [5.41, 5.74) is 1.66. The summed E-state index contributed by atoms with van der Waals surface area (Å²) in [6, 6.07) is 1.91. The average Bonchev–Trinajstić information content (AvgIpc) is 3.10. The molecule has 0 spiro atoms. The molecular weight excluding hydrogens is 344 g/mol. The molecule has 2 amide bonds. The number of hydrogen-bond acceptors (Lipinski definition) is 5. The molecule has 138 valence electrons. The summed E-state index contributed by atoms with van der Waals surface area (Å²) in [4.78, 5) is 29.6. The highest BCUT2D eigenvalue weighted by atomic mass is 35.5. The van der Waals surface area contributed by atoms with Crippen LogP contribution in [0.15, 0.2) is 18.5 Å². The Morgan fingerprint density at radius 1 is 1.44 bits per heavy atom. The number of nitrogens with zero attached hydrogens (tertiary/aromatic N) is 2. The van der Waals surface area contributed by atoms with Gasteiger partial charge in [-0.05, 0) is 49.9 Å². The number of aromatic nitrogens is 1. The Morgan fingerprint density at radius 2 is 2.32 bits per heavy atom. The van der Waals surface area contributed by atoms with Gasteiger partial charge in [-0.3, -0.25) is 9.78 Å². The SMILES string of the molecule is Cl.O=C(NCCN1CCCOC1=O)c1cncc(CC2CCNC2)c1. The van der Waals surface area contributed by atoms with Crippen LogP contribution in [0.4, 0.5) is 4.79 Å². The molecule has 25 heavy (non-hydrogen) atoms. The number of rotatable bonds is 6. The van der Waals surface area contributed by atoms with Crippen molar-refractivity contribution >= 4 is 24.4 Å². The molecule has 0 bridgehead atoms. The van der Waals surface area contributed by atoms with Crippen LogP contribution in [0.5, 0.6) is 0 Å². The molecule has 0 saturated carbocycles. The maximum Gasteiger partial charge on any atom is 0.409 e. The number of cyclic esters (lactones) is 1. The maximum atomic E-state index is 12.3. The highest BCUT2D eigenvalue weighted by Crippen LogP contribution is 2.15. The van der Waals surface area contributed by atoms with Gasteiger partial charge in [-0.15, -0.1) is 12.4 Å². The normalized spacial score (nSPS) is 19.9. The molecule has 1 unspecified atom stereocenters. The summed E-state index contributed by atoms with van der Waals surface area (Å²) >= 11 is 0. The topological polar surface area (TPSA) is 83.6 Å². The molecule has 2 aliphatic heterocycles. The van der Waals surface area contributed by atoms with E-state index in [0.29, 0.717) is 37.7 Å². The minimum atomic E-state index is -0.302. The lowest BCUT2D eigenvalue weighted by molar-refractivity contribution is 0.0719. The Balaban J connectivity index is 0.00000225. The van der Waals surface area contributed by atoms with Gasteiger partial charge in [0.05, 0.1) is 12.2 Å². The van der Waals surface area contributed by atoms with Crippen molar-refractivity contribution in [2.75, 3.05) is 39.3 Å². The molecule has 1 atom stereocenters. The van der Waals surface area contributed by atoms with Crippen molar-refractivity contribution in [3.63, 3.8) is 0 Å². The van der Waals surface area contributed by atoms with Gasteiger partial charge in [0.2, 0.25) is 0 Å². The van der Waals surface area contributed by atoms with Crippen LogP contribution in [0.1, 0.15) is 28.8 Å². The number of nitrogens with one attached hydrogen (secondary N) is 2. The lowest BCUT2D eigenvalue weighted by Crippen LogP contribution is -2.42. The van der Waals surface area contributed by atoms with Crippen molar-refractivity contribution < 1.29 is 14.3 Å². The van der Waals surface area contributed by atoms with E-state index < -0.39 is 0 Å².